The first-order chi connectivity index (χ1) is 9.54. The fourth-order valence-corrected chi connectivity index (χ4v) is 2.30. The third kappa shape index (κ3) is 3.97. The lowest BCUT2D eigenvalue weighted by Crippen LogP contribution is -2.23. The Morgan fingerprint density at radius 2 is 2.05 bits per heavy atom. The van der Waals surface area contributed by atoms with Crippen molar-refractivity contribution in [1.82, 2.24) is 0 Å². The summed E-state index contributed by atoms with van der Waals surface area (Å²) in [5, 5.41) is 10.5. The van der Waals surface area contributed by atoms with Crippen LogP contribution in [0, 0.1) is 12.8 Å². The van der Waals surface area contributed by atoms with Crippen LogP contribution in [0.3, 0.4) is 0 Å². The number of hydrogen-bond donors (Lipinski definition) is 1. The summed E-state index contributed by atoms with van der Waals surface area (Å²) in [6, 6.07) is 5.45. The first-order valence-electron chi connectivity index (χ1n) is 6.95. The zero-order chi connectivity index (χ0) is 15.1. The normalized spacial score (nSPS) is 13.7. The third-order valence-corrected chi connectivity index (χ3v) is 3.51. The van der Waals surface area contributed by atoms with E-state index in [1.807, 2.05) is 19.1 Å². The zero-order valence-electron chi connectivity index (χ0n) is 12.7. The lowest BCUT2D eigenvalue weighted by Gasteiger charge is -2.21. The third-order valence-electron chi connectivity index (χ3n) is 3.51. The van der Waals surface area contributed by atoms with E-state index in [9.17, 15) is 9.90 Å². The number of methoxy groups -OCH3 is 2. The molecule has 0 aliphatic heterocycles. The first-order valence-corrected chi connectivity index (χ1v) is 6.95. The van der Waals surface area contributed by atoms with Crippen LogP contribution < -0.4 is 4.74 Å². The molecule has 0 radical (unpaired) electrons. The van der Waals surface area contributed by atoms with Crippen molar-refractivity contribution >= 4 is 5.97 Å². The zero-order valence-corrected chi connectivity index (χ0v) is 12.7. The van der Waals surface area contributed by atoms with Gasteiger partial charge in [-0.1, -0.05) is 25.8 Å². The molecule has 0 aliphatic carbocycles. The monoisotopic (exact) mass is 280 g/mol. The van der Waals surface area contributed by atoms with Crippen molar-refractivity contribution in [3.63, 3.8) is 0 Å². The number of carbonyl (C=O) groups is 1. The van der Waals surface area contributed by atoms with Gasteiger partial charge in [0.25, 0.3) is 0 Å². The Kier molecular flexibility index (Phi) is 6.52. The fraction of sp³-hybridized carbons (Fsp3) is 0.562. The van der Waals surface area contributed by atoms with Gasteiger partial charge in [-0.3, -0.25) is 4.79 Å². The highest BCUT2D eigenvalue weighted by Crippen LogP contribution is 2.30. The largest absolute Gasteiger partial charge is 0.496 e. The van der Waals surface area contributed by atoms with Crippen molar-refractivity contribution in [2.24, 2.45) is 5.92 Å². The molecule has 112 valence electrons. The molecule has 4 nitrogen and oxygen atoms in total. The van der Waals surface area contributed by atoms with Gasteiger partial charge in [0.05, 0.1) is 26.2 Å². The number of aliphatic hydroxyl groups excluding tert-OH is 1. The van der Waals surface area contributed by atoms with Crippen LogP contribution in [0.5, 0.6) is 5.75 Å². The van der Waals surface area contributed by atoms with E-state index in [4.69, 9.17) is 9.47 Å². The molecule has 0 fully saturated rings. The van der Waals surface area contributed by atoms with E-state index < -0.39 is 12.0 Å². The van der Waals surface area contributed by atoms with Gasteiger partial charge in [-0.25, -0.2) is 0 Å². The van der Waals surface area contributed by atoms with Gasteiger partial charge in [0, 0.05) is 0 Å². The standard InChI is InChI=1S/C16H24O4/c1-5-6-7-13(16(18)20-4)15(17)12-8-9-14(19-3)11(2)10-12/h8-10,13,15,17H,5-7H2,1-4H3. The predicted molar refractivity (Wildman–Crippen MR) is 77.7 cm³/mol. The van der Waals surface area contributed by atoms with Crippen molar-refractivity contribution in [3.05, 3.63) is 29.3 Å². The van der Waals surface area contributed by atoms with Crippen LogP contribution in [0.2, 0.25) is 0 Å². The maximum absolute atomic E-state index is 11.8. The minimum Gasteiger partial charge on any atom is -0.496 e. The number of unbranched alkanes of at least 4 members (excludes halogenated alkanes) is 1. The molecular formula is C16H24O4. The minimum atomic E-state index is -0.849. The maximum Gasteiger partial charge on any atom is 0.311 e. The number of hydrogen-bond acceptors (Lipinski definition) is 4. The van der Waals surface area contributed by atoms with E-state index in [-0.39, 0.29) is 5.97 Å². The van der Waals surface area contributed by atoms with Crippen molar-refractivity contribution < 1.29 is 19.4 Å². The number of ether oxygens (including phenoxy) is 2. The summed E-state index contributed by atoms with van der Waals surface area (Å²) in [6.07, 6.45) is 1.63. The highest BCUT2D eigenvalue weighted by atomic mass is 16.5. The highest BCUT2D eigenvalue weighted by Gasteiger charge is 2.28. The maximum atomic E-state index is 11.8. The molecule has 0 heterocycles. The van der Waals surface area contributed by atoms with Gasteiger partial charge in [-0.05, 0) is 36.6 Å². The van der Waals surface area contributed by atoms with Crippen LogP contribution in [0.15, 0.2) is 18.2 Å². The first kappa shape index (κ1) is 16.5. The summed E-state index contributed by atoms with van der Waals surface area (Å²) in [5.41, 5.74) is 1.65. The molecule has 1 rings (SSSR count). The molecule has 2 unspecified atom stereocenters. The molecule has 0 bridgehead atoms. The molecule has 2 atom stereocenters. The molecule has 0 aliphatic rings. The van der Waals surface area contributed by atoms with E-state index in [0.717, 1.165) is 29.7 Å². The molecule has 0 spiro atoms. The second-order valence-corrected chi connectivity index (χ2v) is 4.95. The molecule has 0 amide bonds. The molecule has 4 heteroatoms. The van der Waals surface area contributed by atoms with Gasteiger partial charge < -0.3 is 14.6 Å². The van der Waals surface area contributed by atoms with Crippen molar-refractivity contribution in [3.8, 4) is 5.75 Å². The number of esters is 1. The second-order valence-electron chi connectivity index (χ2n) is 4.95. The summed E-state index contributed by atoms with van der Waals surface area (Å²) in [5.74, 6) is -0.115. The number of carbonyl (C=O) groups excluding carboxylic acids is 1. The molecule has 1 N–H and O–H groups in total. The van der Waals surface area contributed by atoms with Gasteiger partial charge in [0.15, 0.2) is 0 Å². The lowest BCUT2D eigenvalue weighted by molar-refractivity contribution is -0.150. The molecule has 1 aromatic rings. The van der Waals surface area contributed by atoms with Crippen LogP contribution >= 0.6 is 0 Å². The molecule has 20 heavy (non-hydrogen) atoms. The van der Waals surface area contributed by atoms with E-state index in [2.05, 4.69) is 6.92 Å². The van der Waals surface area contributed by atoms with Crippen LogP contribution in [0.1, 0.15) is 43.4 Å². The second kappa shape index (κ2) is 7.90. The average molecular weight is 280 g/mol. The van der Waals surface area contributed by atoms with Gasteiger partial charge in [0.2, 0.25) is 0 Å². The highest BCUT2D eigenvalue weighted by molar-refractivity contribution is 5.73. The lowest BCUT2D eigenvalue weighted by atomic mass is 9.90. The molecule has 0 saturated heterocycles. The van der Waals surface area contributed by atoms with Gasteiger partial charge >= 0.3 is 5.97 Å². The Balaban J connectivity index is 2.95. The molecule has 0 aromatic heterocycles. The number of rotatable bonds is 7. The van der Waals surface area contributed by atoms with E-state index >= 15 is 0 Å². The Morgan fingerprint density at radius 1 is 1.35 bits per heavy atom. The summed E-state index contributed by atoms with van der Waals surface area (Å²) < 4.78 is 10.0. The smallest absolute Gasteiger partial charge is 0.311 e. The van der Waals surface area contributed by atoms with Gasteiger partial charge in [0.1, 0.15) is 5.75 Å². The Hall–Kier alpha value is -1.55. The SMILES string of the molecule is CCCCC(C(=O)OC)C(O)c1ccc(OC)c(C)c1. The van der Waals surface area contributed by atoms with Crippen molar-refractivity contribution in [2.45, 2.75) is 39.2 Å². The van der Waals surface area contributed by atoms with Crippen molar-refractivity contribution in [1.29, 1.82) is 0 Å². The summed E-state index contributed by atoms with van der Waals surface area (Å²) in [7, 11) is 2.96. The van der Waals surface area contributed by atoms with Crippen molar-refractivity contribution in [2.75, 3.05) is 14.2 Å². The predicted octanol–water partition coefficient (Wildman–Crippen LogP) is 3.02. The van der Waals surface area contributed by atoms with Crippen LogP contribution in [0.25, 0.3) is 0 Å². The van der Waals surface area contributed by atoms with E-state index in [0.29, 0.717) is 6.42 Å². The fourth-order valence-electron chi connectivity index (χ4n) is 2.30. The Labute approximate surface area is 120 Å². The number of aliphatic hydroxyl groups is 1. The topological polar surface area (TPSA) is 55.8 Å². The van der Waals surface area contributed by atoms with Crippen LogP contribution in [0.4, 0.5) is 0 Å². The van der Waals surface area contributed by atoms with Crippen LogP contribution in [-0.2, 0) is 9.53 Å². The molecular weight excluding hydrogens is 256 g/mol. The number of aryl methyl sites for hydroxylation is 1. The Bertz CT molecular complexity index is 442. The number of benzene rings is 1. The molecule has 0 saturated carbocycles. The molecule has 1 aromatic carbocycles. The van der Waals surface area contributed by atoms with E-state index in [1.54, 1.807) is 13.2 Å². The van der Waals surface area contributed by atoms with Gasteiger partial charge in [-0.2, -0.15) is 0 Å². The average Bonchev–Trinajstić information content (AvgIpc) is 2.46. The summed E-state index contributed by atoms with van der Waals surface area (Å²) >= 11 is 0. The van der Waals surface area contributed by atoms with Gasteiger partial charge in [-0.15, -0.1) is 0 Å². The quantitative estimate of drug-likeness (QED) is 0.780. The van der Waals surface area contributed by atoms with E-state index in [1.165, 1.54) is 7.11 Å². The minimum absolute atomic E-state index is 0.362. The Morgan fingerprint density at radius 3 is 2.55 bits per heavy atom. The summed E-state index contributed by atoms with van der Waals surface area (Å²) in [6.45, 7) is 3.96. The van der Waals surface area contributed by atoms with Crippen LogP contribution in [-0.4, -0.2) is 25.3 Å². The summed E-state index contributed by atoms with van der Waals surface area (Å²) in [4.78, 5) is 11.8.